The van der Waals surface area contributed by atoms with Gasteiger partial charge in [-0.1, -0.05) is 18.2 Å². The average Bonchev–Trinajstić information content (AvgIpc) is 3.25. The number of fused-ring (bicyclic) bond motifs is 1. The Morgan fingerprint density at radius 2 is 2.15 bits per heavy atom. The highest BCUT2D eigenvalue weighted by Gasteiger charge is 2.10. The summed E-state index contributed by atoms with van der Waals surface area (Å²) in [7, 11) is 1.50. The molecule has 2 heterocycles. The van der Waals surface area contributed by atoms with E-state index in [0.29, 0.717) is 22.8 Å². The Balaban J connectivity index is 1.65. The number of phenols is 1. The van der Waals surface area contributed by atoms with Crippen LogP contribution in [0, 0.1) is 4.77 Å². The molecule has 0 spiro atoms. The van der Waals surface area contributed by atoms with Crippen LogP contribution in [0.5, 0.6) is 11.5 Å². The number of rotatable bonds is 5. The molecule has 0 bridgehead atoms. The molecule has 0 atom stereocenters. The number of ether oxygens (including phenoxy) is 1. The third-order valence-corrected chi connectivity index (χ3v) is 4.53. The predicted octanol–water partition coefficient (Wildman–Crippen LogP) is 3.61. The van der Waals surface area contributed by atoms with Crippen LogP contribution in [0.15, 0.2) is 53.8 Å². The molecule has 0 fully saturated rings. The standard InChI is InChI=1S/C19H17N5O2S/c1-26-17-8-12(6-7-16(17)25)10-21-24-18(22-23-19(24)27)9-13-11-20-15-5-3-2-4-14(13)15/h2-8,10-11,20,25H,9H2,1H3,(H,23,27)/b21-10+. The number of methoxy groups -OCH3 is 1. The monoisotopic (exact) mass is 379 g/mol. The molecule has 4 aromatic rings. The second kappa shape index (κ2) is 7.08. The number of hydrogen-bond donors (Lipinski definition) is 3. The van der Waals surface area contributed by atoms with Crippen LogP contribution < -0.4 is 4.74 Å². The van der Waals surface area contributed by atoms with Crippen LogP contribution in [0.4, 0.5) is 0 Å². The Morgan fingerprint density at radius 3 is 3.00 bits per heavy atom. The van der Waals surface area contributed by atoms with Crippen molar-refractivity contribution in [3.05, 3.63) is 70.4 Å². The number of nitrogens with one attached hydrogen (secondary N) is 2. The van der Waals surface area contributed by atoms with E-state index in [2.05, 4.69) is 26.3 Å². The highest BCUT2D eigenvalue weighted by molar-refractivity contribution is 7.71. The van der Waals surface area contributed by atoms with Crippen molar-refractivity contribution in [3.8, 4) is 11.5 Å². The summed E-state index contributed by atoms with van der Waals surface area (Å²) in [6.45, 7) is 0. The van der Waals surface area contributed by atoms with Gasteiger partial charge in [-0.3, -0.25) is 5.10 Å². The van der Waals surface area contributed by atoms with Gasteiger partial charge in [0.15, 0.2) is 17.3 Å². The van der Waals surface area contributed by atoms with E-state index in [1.807, 2.05) is 24.4 Å². The van der Waals surface area contributed by atoms with Gasteiger partial charge in [-0.25, -0.2) is 0 Å². The molecule has 0 amide bonds. The number of nitrogens with zero attached hydrogens (tertiary/aromatic N) is 3. The van der Waals surface area contributed by atoms with E-state index in [-0.39, 0.29) is 5.75 Å². The first kappa shape index (κ1) is 17.0. The van der Waals surface area contributed by atoms with E-state index < -0.39 is 0 Å². The van der Waals surface area contributed by atoms with E-state index in [4.69, 9.17) is 17.0 Å². The first-order valence-electron chi connectivity index (χ1n) is 8.28. The van der Waals surface area contributed by atoms with E-state index in [1.54, 1.807) is 29.1 Å². The minimum Gasteiger partial charge on any atom is -0.504 e. The SMILES string of the molecule is COc1cc(/C=N/n2c(Cc3c[nH]c4ccccc34)n[nH]c2=S)ccc1O. The number of aromatic nitrogens is 4. The third-order valence-electron chi connectivity index (χ3n) is 4.27. The smallest absolute Gasteiger partial charge is 0.216 e. The maximum Gasteiger partial charge on any atom is 0.216 e. The lowest BCUT2D eigenvalue weighted by molar-refractivity contribution is 0.373. The summed E-state index contributed by atoms with van der Waals surface area (Å²) < 4.78 is 7.12. The quantitative estimate of drug-likeness (QED) is 0.365. The Hall–Kier alpha value is -3.39. The lowest BCUT2D eigenvalue weighted by Gasteiger charge is -2.04. The van der Waals surface area contributed by atoms with E-state index in [0.717, 1.165) is 22.0 Å². The lowest BCUT2D eigenvalue weighted by atomic mass is 10.1. The van der Waals surface area contributed by atoms with Crippen molar-refractivity contribution >= 4 is 29.3 Å². The molecule has 0 radical (unpaired) electrons. The Morgan fingerprint density at radius 1 is 1.30 bits per heavy atom. The highest BCUT2D eigenvalue weighted by Crippen LogP contribution is 2.25. The normalized spacial score (nSPS) is 11.4. The van der Waals surface area contributed by atoms with Crippen molar-refractivity contribution in [2.45, 2.75) is 6.42 Å². The fraction of sp³-hybridized carbons (Fsp3) is 0.105. The zero-order valence-electron chi connectivity index (χ0n) is 14.5. The van der Waals surface area contributed by atoms with Crippen molar-refractivity contribution in [1.29, 1.82) is 0 Å². The molecule has 0 aliphatic heterocycles. The van der Waals surface area contributed by atoms with E-state index in [1.165, 1.54) is 7.11 Å². The second-order valence-electron chi connectivity index (χ2n) is 5.97. The number of aromatic hydroxyl groups is 1. The Labute approximate surface area is 159 Å². The molecule has 3 N–H and O–H groups in total. The van der Waals surface area contributed by atoms with Crippen molar-refractivity contribution in [1.82, 2.24) is 19.9 Å². The second-order valence-corrected chi connectivity index (χ2v) is 6.36. The molecule has 0 aliphatic carbocycles. The maximum atomic E-state index is 9.70. The van der Waals surface area contributed by atoms with Crippen molar-refractivity contribution < 1.29 is 9.84 Å². The van der Waals surface area contributed by atoms with Crippen LogP contribution in [-0.4, -0.2) is 38.3 Å². The van der Waals surface area contributed by atoms with Gasteiger partial charge in [0.25, 0.3) is 0 Å². The highest BCUT2D eigenvalue weighted by atomic mass is 32.1. The molecule has 8 heteroatoms. The number of hydrogen-bond acceptors (Lipinski definition) is 5. The van der Waals surface area contributed by atoms with Gasteiger partial charge >= 0.3 is 0 Å². The largest absolute Gasteiger partial charge is 0.504 e. The van der Waals surface area contributed by atoms with Crippen LogP contribution in [0.1, 0.15) is 17.0 Å². The van der Waals surface area contributed by atoms with Gasteiger partial charge in [0.05, 0.1) is 13.3 Å². The van der Waals surface area contributed by atoms with E-state index in [9.17, 15) is 5.11 Å². The van der Waals surface area contributed by atoms with Gasteiger partial charge in [0.2, 0.25) is 4.77 Å². The molecular weight excluding hydrogens is 362 g/mol. The van der Waals surface area contributed by atoms with Gasteiger partial charge in [0, 0.05) is 23.5 Å². The molecule has 2 aromatic heterocycles. The molecule has 136 valence electrons. The summed E-state index contributed by atoms with van der Waals surface area (Å²) in [6, 6.07) is 13.1. The molecule has 7 nitrogen and oxygen atoms in total. The lowest BCUT2D eigenvalue weighted by Crippen LogP contribution is -2.00. The Kier molecular flexibility index (Phi) is 4.47. The summed E-state index contributed by atoms with van der Waals surface area (Å²) in [6.07, 6.45) is 4.20. The van der Waals surface area contributed by atoms with Crippen molar-refractivity contribution in [3.63, 3.8) is 0 Å². The first-order valence-corrected chi connectivity index (χ1v) is 8.69. The van der Waals surface area contributed by atoms with Crippen LogP contribution >= 0.6 is 12.2 Å². The zero-order chi connectivity index (χ0) is 18.8. The average molecular weight is 379 g/mol. The first-order chi connectivity index (χ1) is 13.2. The van der Waals surface area contributed by atoms with Crippen LogP contribution in [0.25, 0.3) is 10.9 Å². The summed E-state index contributed by atoms with van der Waals surface area (Å²) in [5, 5.41) is 22.4. The maximum absolute atomic E-state index is 9.70. The topological polar surface area (TPSA) is 91.2 Å². The molecule has 0 saturated heterocycles. The number of phenolic OH excluding ortho intramolecular Hbond substituents is 1. The van der Waals surface area contributed by atoms with Gasteiger partial charge < -0.3 is 14.8 Å². The van der Waals surface area contributed by atoms with Crippen LogP contribution in [0.2, 0.25) is 0 Å². The molecule has 0 unspecified atom stereocenters. The summed E-state index contributed by atoms with van der Waals surface area (Å²) in [4.78, 5) is 3.26. The molecular formula is C19H17N5O2S. The number of H-pyrrole nitrogens is 2. The Bertz CT molecular complexity index is 1190. The van der Waals surface area contributed by atoms with Gasteiger partial charge in [-0.15, -0.1) is 0 Å². The van der Waals surface area contributed by atoms with Gasteiger partial charge in [0.1, 0.15) is 0 Å². The predicted molar refractivity (Wildman–Crippen MR) is 106 cm³/mol. The molecule has 2 aromatic carbocycles. The van der Waals surface area contributed by atoms with E-state index >= 15 is 0 Å². The molecule has 4 rings (SSSR count). The minimum atomic E-state index is 0.0783. The fourth-order valence-corrected chi connectivity index (χ4v) is 3.10. The molecule has 0 aliphatic rings. The van der Waals surface area contributed by atoms with Gasteiger partial charge in [-0.2, -0.15) is 14.9 Å². The number of para-hydroxylation sites is 1. The molecule has 27 heavy (non-hydrogen) atoms. The number of benzene rings is 2. The van der Waals surface area contributed by atoms with Crippen LogP contribution in [-0.2, 0) is 6.42 Å². The van der Waals surface area contributed by atoms with Crippen molar-refractivity contribution in [2.75, 3.05) is 7.11 Å². The summed E-state index contributed by atoms with van der Waals surface area (Å²) >= 11 is 5.31. The van der Waals surface area contributed by atoms with Gasteiger partial charge in [-0.05, 0) is 47.6 Å². The fourth-order valence-electron chi connectivity index (χ4n) is 2.90. The minimum absolute atomic E-state index is 0.0783. The number of aromatic amines is 2. The van der Waals surface area contributed by atoms with Crippen molar-refractivity contribution in [2.24, 2.45) is 5.10 Å². The molecule has 0 saturated carbocycles. The zero-order valence-corrected chi connectivity index (χ0v) is 15.3. The van der Waals surface area contributed by atoms with Crippen LogP contribution in [0.3, 0.4) is 0 Å². The summed E-state index contributed by atoms with van der Waals surface area (Å²) in [5.41, 5.74) is 2.96. The third kappa shape index (κ3) is 3.34. The summed E-state index contributed by atoms with van der Waals surface area (Å²) in [5.74, 6) is 1.16.